The maximum atomic E-state index is 13.4. The second-order valence-corrected chi connectivity index (χ2v) is 8.72. The minimum Gasteiger partial charge on any atom is -0.490 e. The molecule has 0 saturated heterocycles. The highest BCUT2D eigenvalue weighted by atomic mass is 19.4. The van der Waals surface area contributed by atoms with Crippen molar-refractivity contribution in [1.29, 1.82) is 5.41 Å². The third kappa shape index (κ3) is 8.49. The van der Waals surface area contributed by atoms with E-state index in [-0.39, 0.29) is 17.4 Å². The van der Waals surface area contributed by atoms with Crippen molar-refractivity contribution in [1.82, 2.24) is 10.4 Å². The Morgan fingerprint density at radius 3 is 2.41 bits per heavy atom. The highest BCUT2D eigenvalue weighted by molar-refractivity contribution is 5.99. The number of nitrogens with two attached hydrogens (primary N) is 1. The van der Waals surface area contributed by atoms with E-state index < -0.39 is 35.7 Å². The maximum Gasteiger partial charge on any atom is 0.491 e. The summed E-state index contributed by atoms with van der Waals surface area (Å²) in [5, 5.41) is 10.6. The van der Waals surface area contributed by atoms with E-state index in [1.54, 1.807) is 43.3 Å². The lowest BCUT2D eigenvalue weighted by atomic mass is 10.0. The Hall–Kier alpha value is -5.01. The minimum atomic E-state index is -5.29. The Balaban J connectivity index is 2.00. The van der Waals surface area contributed by atoms with Gasteiger partial charge >= 0.3 is 12.1 Å². The van der Waals surface area contributed by atoms with E-state index in [4.69, 9.17) is 20.6 Å². The van der Waals surface area contributed by atoms with E-state index in [0.29, 0.717) is 29.5 Å². The smallest absolute Gasteiger partial charge is 0.490 e. The number of amidine groups is 1. The van der Waals surface area contributed by atoms with E-state index >= 15 is 0 Å². The molecule has 3 aromatic rings. The number of halogens is 3. The van der Waals surface area contributed by atoms with Crippen LogP contribution in [0.15, 0.2) is 60.8 Å². The average Bonchev–Trinajstić information content (AvgIpc) is 2.91. The normalized spacial score (nSPS) is 11.8. The lowest BCUT2D eigenvalue weighted by molar-refractivity contribution is -0.189. The molecule has 41 heavy (non-hydrogen) atoms. The van der Waals surface area contributed by atoms with Gasteiger partial charge in [0.25, 0.3) is 5.91 Å². The van der Waals surface area contributed by atoms with Crippen LogP contribution in [0.1, 0.15) is 37.9 Å². The summed E-state index contributed by atoms with van der Waals surface area (Å²) >= 11 is 0. The summed E-state index contributed by atoms with van der Waals surface area (Å²) in [6.45, 7) is 5.78. The SMILES string of the molecule is CCOc1cc(C(Nc2ccc(C(=N)N)c(OC(=O)C(F)(F)F)c2)C(=O)NNc2ccccn2)ccc1OC(C)C. The number of carbonyl (C=O) groups is 2. The van der Waals surface area contributed by atoms with E-state index in [2.05, 4.69) is 25.9 Å². The third-order valence-electron chi connectivity index (χ3n) is 5.22. The Morgan fingerprint density at radius 2 is 1.80 bits per heavy atom. The van der Waals surface area contributed by atoms with Gasteiger partial charge in [-0.15, -0.1) is 0 Å². The molecule has 11 nitrogen and oxygen atoms in total. The van der Waals surface area contributed by atoms with Crippen LogP contribution in [0.2, 0.25) is 0 Å². The number of hydrazine groups is 1. The fourth-order valence-corrected chi connectivity index (χ4v) is 3.50. The first kappa shape index (κ1) is 30.5. The van der Waals surface area contributed by atoms with Crippen LogP contribution < -0.4 is 36.1 Å². The van der Waals surface area contributed by atoms with Gasteiger partial charge in [0.1, 0.15) is 23.4 Å². The first-order valence-corrected chi connectivity index (χ1v) is 12.3. The number of esters is 1. The van der Waals surface area contributed by atoms with Gasteiger partial charge in [0, 0.05) is 18.0 Å². The number of benzene rings is 2. The van der Waals surface area contributed by atoms with E-state index in [1.807, 2.05) is 13.8 Å². The Kier molecular flexibility index (Phi) is 9.95. The van der Waals surface area contributed by atoms with Crippen LogP contribution in [-0.4, -0.2) is 41.6 Å². The number of hydrogen-bond acceptors (Lipinski definition) is 9. The van der Waals surface area contributed by atoms with Gasteiger partial charge in [-0.05, 0) is 62.7 Å². The molecule has 3 rings (SSSR count). The average molecular weight is 575 g/mol. The first-order chi connectivity index (χ1) is 19.4. The molecule has 1 aromatic heterocycles. The quantitative estimate of drug-likeness (QED) is 0.0698. The zero-order valence-corrected chi connectivity index (χ0v) is 22.3. The molecule has 1 unspecified atom stereocenters. The van der Waals surface area contributed by atoms with Gasteiger partial charge in [-0.1, -0.05) is 12.1 Å². The fourth-order valence-electron chi connectivity index (χ4n) is 3.50. The number of hydrogen-bond donors (Lipinski definition) is 5. The monoisotopic (exact) mass is 574 g/mol. The van der Waals surface area contributed by atoms with Crippen LogP contribution in [-0.2, 0) is 9.59 Å². The molecule has 218 valence electrons. The van der Waals surface area contributed by atoms with Crippen molar-refractivity contribution < 1.29 is 37.0 Å². The molecule has 0 aliphatic heterocycles. The summed E-state index contributed by atoms with van der Waals surface area (Å²) in [5.74, 6) is -3.19. The summed E-state index contributed by atoms with van der Waals surface area (Å²) in [4.78, 5) is 29.0. The zero-order valence-electron chi connectivity index (χ0n) is 22.3. The zero-order chi connectivity index (χ0) is 30.2. The van der Waals surface area contributed by atoms with Gasteiger partial charge in [0.15, 0.2) is 11.5 Å². The van der Waals surface area contributed by atoms with Crippen LogP contribution >= 0.6 is 0 Å². The van der Waals surface area contributed by atoms with Crippen LogP contribution in [0.4, 0.5) is 24.7 Å². The number of amides is 1. The highest BCUT2D eigenvalue weighted by Gasteiger charge is 2.42. The van der Waals surface area contributed by atoms with Crippen molar-refractivity contribution in [3.63, 3.8) is 0 Å². The maximum absolute atomic E-state index is 13.4. The largest absolute Gasteiger partial charge is 0.491 e. The molecule has 0 aliphatic carbocycles. The van der Waals surface area contributed by atoms with Gasteiger partial charge < -0.3 is 25.3 Å². The summed E-state index contributed by atoms with van der Waals surface area (Å²) in [6.07, 6.45) is -3.92. The van der Waals surface area contributed by atoms with Gasteiger partial charge in [-0.3, -0.25) is 21.1 Å². The molecule has 2 aromatic carbocycles. The Morgan fingerprint density at radius 1 is 1.05 bits per heavy atom. The summed E-state index contributed by atoms with van der Waals surface area (Å²) in [6, 6.07) is 12.3. The van der Waals surface area contributed by atoms with Gasteiger partial charge in [-0.2, -0.15) is 13.2 Å². The topological polar surface area (TPSA) is 161 Å². The summed E-state index contributed by atoms with van der Waals surface area (Å²) in [7, 11) is 0. The van der Waals surface area contributed by atoms with Crippen molar-refractivity contribution >= 4 is 29.2 Å². The molecule has 14 heteroatoms. The van der Waals surface area contributed by atoms with E-state index in [9.17, 15) is 22.8 Å². The number of nitrogens with one attached hydrogen (secondary N) is 4. The molecule has 1 atom stereocenters. The Labute approximate surface area is 233 Å². The molecule has 0 bridgehead atoms. The number of nitrogens with zero attached hydrogens (tertiary/aromatic N) is 1. The standard InChI is InChI=1S/C27H29F3N6O5/c1-4-39-21-13-16(8-11-19(21)40-15(2)3)23(25(37)36-35-22-7-5-6-12-33-22)34-17-9-10-18(24(31)32)20(14-17)41-26(38)27(28,29)30/h5-15,23,34H,4H2,1-3H3,(H3,31,32)(H,33,35)(H,36,37). The highest BCUT2D eigenvalue weighted by Crippen LogP contribution is 2.34. The number of ether oxygens (including phenoxy) is 3. The number of anilines is 2. The second-order valence-electron chi connectivity index (χ2n) is 8.72. The fraction of sp³-hybridized carbons (Fsp3) is 0.259. The molecule has 6 N–H and O–H groups in total. The number of carbonyl (C=O) groups excluding carboxylic acids is 2. The van der Waals surface area contributed by atoms with E-state index in [0.717, 1.165) is 6.07 Å². The summed E-state index contributed by atoms with van der Waals surface area (Å²) in [5.41, 5.74) is 10.9. The number of aromatic nitrogens is 1. The second kappa shape index (κ2) is 13.4. The molecule has 0 fully saturated rings. The van der Waals surface area contributed by atoms with Crippen LogP contribution in [0, 0.1) is 5.41 Å². The lowest BCUT2D eigenvalue weighted by Gasteiger charge is -2.23. The molecule has 1 amide bonds. The predicted molar refractivity (Wildman–Crippen MR) is 145 cm³/mol. The van der Waals surface area contributed by atoms with Crippen molar-refractivity contribution in [3.05, 3.63) is 71.9 Å². The number of alkyl halides is 3. The van der Waals surface area contributed by atoms with Crippen molar-refractivity contribution in [2.45, 2.75) is 39.1 Å². The molecule has 0 spiro atoms. The first-order valence-electron chi connectivity index (χ1n) is 12.3. The van der Waals surface area contributed by atoms with E-state index in [1.165, 1.54) is 18.3 Å². The number of nitrogen functional groups attached to an aromatic ring is 1. The Bertz CT molecular complexity index is 1390. The predicted octanol–water partition coefficient (Wildman–Crippen LogP) is 4.32. The minimum absolute atomic E-state index is 0.0819. The van der Waals surface area contributed by atoms with Crippen LogP contribution in [0.3, 0.4) is 0 Å². The molecule has 0 radical (unpaired) electrons. The summed E-state index contributed by atoms with van der Waals surface area (Å²) < 4.78 is 54.6. The van der Waals surface area contributed by atoms with Crippen LogP contribution in [0.25, 0.3) is 0 Å². The number of pyridine rings is 1. The van der Waals surface area contributed by atoms with Gasteiger partial charge in [0.2, 0.25) is 0 Å². The van der Waals surface area contributed by atoms with Gasteiger partial charge in [0.05, 0.1) is 18.3 Å². The molecule has 1 heterocycles. The third-order valence-corrected chi connectivity index (χ3v) is 5.22. The van der Waals surface area contributed by atoms with Crippen molar-refractivity contribution in [2.75, 3.05) is 17.3 Å². The lowest BCUT2D eigenvalue weighted by Crippen LogP contribution is -2.37. The van der Waals surface area contributed by atoms with Gasteiger partial charge in [-0.25, -0.2) is 9.78 Å². The molecule has 0 aliphatic rings. The molecular formula is C27H29F3N6O5. The molecule has 0 saturated carbocycles. The number of rotatable bonds is 12. The van der Waals surface area contributed by atoms with Crippen LogP contribution in [0.5, 0.6) is 17.2 Å². The molecular weight excluding hydrogens is 545 g/mol. The van der Waals surface area contributed by atoms with Crippen molar-refractivity contribution in [3.8, 4) is 17.2 Å². The van der Waals surface area contributed by atoms with Crippen molar-refractivity contribution in [2.24, 2.45) is 5.73 Å².